The topological polar surface area (TPSA) is 48.7 Å². The average Bonchev–Trinajstić information content (AvgIpc) is 2.30. The lowest BCUT2D eigenvalue weighted by Crippen LogP contribution is -2.09. The molecule has 1 aromatic heterocycles. The van der Waals surface area contributed by atoms with E-state index < -0.39 is 0 Å². The maximum atomic E-state index is 8.69. The van der Waals surface area contributed by atoms with Crippen LogP contribution in [-0.2, 0) is 0 Å². The van der Waals surface area contributed by atoms with Gasteiger partial charge in [0.2, 0.25) is 0 Å². The third-order valence-electron chi connectivity index (χ3n) is 1.18. The van der Waals surface area contributed by atoms with E-state index in [1.54, 1.807) is 0 Å². The first-order chi connectivity index (χ1) is 5.65. The standard InChI is InChI=1S/C7H8ClN3S/c1-4(2)10-7-5(3-9)6(8)11-12-7/h4,10H,1-2H3. The Labute approximate surface area is 80.1 Å². The van der Waals surface area contributed by atoms with E-state index in [0.717, 1.165) is 5.00 Å². The Morgan fingerprint density at radius 3 is 2.83 bits per heavy atom. The molecule has 0 aromatic carbocycles. The number of rotatable bonds is 2. The van der Waals surface area contributed by atoms with E-state index in [-0.39, 0.29) is 11.2 Å². The van der Waals surface area contributed by atoms with E-state index in [4.69, 9.17) is 16.9 Å². The summed E-state index contributed by atoms with van der Waals surface area (Å²) in [5.41, 5.74) is 0.440. The van der Waals surface area contributed by atoms with E-state index in [9.17, 15) is 0 Å². The minimum absolute atomic E-state index is 0.283. The van der Waals surface area contributed by atoms with Crippen LogP contribution in [0.25, 0.3) is 0 Å². The lowest BCUT2D eigenvalue weighted by molar-refractivity contribution is 0.904. The van der Waals surface area contributed by atoms with Crippen molar-refractivity contribution in [3.8, 4) is 6.07 Å². The van der Waals surface area contributed by atoms with E-state index in [1.807, 2.05) is 19.9 Å². The van der Waals surface area contributed by atoms with Crippen LogP contribution in [0.5, 0.6) is 0 Å². The second kappa shape index (κ2) is 3.74. The summed E-state index contributed by atoms with van der Waals surface area (Å²) in [4.78, 5) is 0. The Hall–Kier alpha value is -0.790. The van der Waals surface area contributed by atoms with Gasteiger partial charge >= 0.3 is 0 Å². The highest BCUT2D eigenvalue weighted by molar-refractivity contribution is 7.10. The molecule has 0 saturated heterocycles. The summed E-state index contributed by atoms with van der Waals surface area (Å²) in [5, 5.41) is 12.8. The number of halogens is 1. The van der Waals surface area contributed by atoms with Gasteiger partial charge in [0, 0.05) is 6.04 Å². The van der Waals surface area contributed by atoms with Gasteiger partial charge in [0.1, 0.15) is 16.6 Å². The van der Waals surface area contributed by atoms with Crippen LogP contribution in [0.3, 0.4) is 0 Å². The van der Waals surface area contributed by atoms with Gasteiger partial charge in [-0.05, 0) is 25.4 Å². The van der Waals surface area contributed by atoms with E-state index in [1.165, 1.54) is 11.5 Å². The van der Waals surface area contributed by atoms with Gasteiger partial charge in [0.15, 0.2) is 5.15 Å². The van der Waals surface area contributed by atoms with Crippen LogP contribution in [0.4, 0.5) is 5.00 Å². The molecule has 64 valence electrons. The summed E-state index contributed by atoms with van der Waals surface area (Å²) in [7, 11) is 0. The number of nitrogens with one attached hydrogen (secondary N) is 1. The minimum Gasteiger partial charge on any atom is -0.372 e. The molecule has 1 rings (SSSR count). The molecule has 0 aliphatic rings. The molecule has 0 aliphatic heterocycles. The number of nitrogens with zero attached hydrogens (tertiary/aromatic N) is 2. The third-order valence-corrected chi connectivity index (χ3v) is 2.33. The predicted octanol–water partition coefficient (Wildman–Crippen LogP) is 2.49. The van der Waals surface area contributed by atoms with Crippen molar-refractivity contribution in [3.63, 3.8) is 0 Å². The molecule has 0 saturated carbocycles. The Kier molecular flexibility index (Phi) is 2.90. The molecule has 0 radical (unpaired) electrons. The number of aromatic nitrogens is 1. The molecular formula is C7H8ClN3S. The second-order valence-corrected chi connectivity index (χ2v) is 3.72. The summed E-state index contributed by atoms with van der Waals surface area (Å²) >= 11 is 6.88. The summed E-state index contributed by atoms with van der Waals surface area (Å²) in [5.74, 6) is 0. The molecule has 0 spiro atoms. The van der Waals surface area contributed by atoms with E-state index in [2.05, 4.69) is 9.69 Å². The molecule has 12 heavy (non-hydrogen) atoms. The predicted molar refractivity (Wildman–Crippen MR) is 50.6 cm³/mol. The molecule has 3 nitrogen and oxygen atoms in total. The summed E-state index contributed by atoms with van der Waals surface area (Å²) in [6, 6.07) is 2.29. The van der Waals surface area contributed by atoms with E-state index >= 15 is 0 Å². The molecule has 0 amide bonds. The summed E-state index contributed by atoms with van der Waals surface area (Å²) in [6.07, 6.45) is 0. The highest BCUT2D eigenvalue weighted by Gasteiger charge is 2.11. The highest BCUT2D eigenvalue weighted by Crippen LogP contribution is 2.27. The molecule has 1 aromatic rings. The molecule has 0 atom stereocenters. The highest BCUT2D eigenvalue weighted by atomic mass is 35.5. The normalized spacial score (nSPS) is 9.92. The third kappa shape index (κ3) is 1.87. The second-order valence-electron chi connectivity index (χ2n) is 2.59. The summed E-state index contributed by atoms with van der Waals surface area (Å²) < 4.78 is 3.86. The number of anilines is 1. The fourth-order valence-electron chi connectivity index (χ4n) is 0.728. The zero-order valence-corrected chi connectivity index (χ0v) is 8.33. The van der Waals surface area contributed by atoms with Crippen LogP contribution in [-0.4, -0.2) is 10.4 Å². The van der Waals surface area contributed by atoms with Gasteiger partial charge in [-0.25, -0.2) is 0 Å². The fourth-order valence-corrected chi connectivity index (χ4v) is 1.81. The van der Waals surface area contributed by atoms with Gasteiger partial charge in [-0.15, -0.1) is 0 Å². The van der Waals surface area contributed by atoms with Gasteiger partial charge in [0.25, 0.3) is 0 Å². The van der Waals surface area contributed by atoms with Crippen molar-refractivity contribution in [1.29, 1.82) is 5.26 Å². The number of nitriles is 1. The Bertz CT molecular complexity index is 313. The zero-order chi connectivity index (χ0) is 9.14. The number of hydrogen-bond donors (Lipinski definition) is 1. The van der Waals surface area contributed by atoms with Crippen molar-refractivity contribution >= 4 is 28.1 Å². The molecule has 0 aliphatic carbocycles. The van der Waals surface area contributed by atoms with Gasteiger partial charge in [-0.3, -0.25) is 0 Å². The first-order valence-corrected chi connectivity index (χ1v) is 4.62. The van der Waals surface area contributed by atoms with Crippen molar-refractivity contribution in [2.75, 3.05) is 5.32 Å². The lowest BCUT2D eigenvalue weighted by atomic mass is 10.3. The molecule has 0 fully saturated rings. The quantitative estimate of drug-likeness (QED) is 0.800. The van der Waals surface area contributed by atoms with Crippen molar-refractivity contribution in [2.24, 2.45) is 0 Å². The maximum absolute atomic E-state index is 8.69. The van der Waals surface area contributed by atoms with Crippen molar-refractivity contribution in [3.05, 3.63) is 10.7 Å². The smallest absolute Gasteiger partial charge is 0.162 e. The lowest BCUT2D eigenvalue weighted by Gasteiger charge is -2.05. The zero-order valence-electron chi connectivity index (χ0n) is 6.76. The SMILES string of the molecule is CC(C)Nc1snc(Cl)c1C#N. The van der Waals surface area contributed by atoms with Gasteiger partial charge in [-0.1, -0.05) is 11.6 Å². The van der Waals surface area contributed by atoms with Crippen LogP contribution < -0.4 is 5.32 Å². The monoisotopic (exact) mass is 201 g/mol. The Morgan fingerprint density at radius 2 is 2.33 bits per heavy atom. The minimum atomic E-state index is 0.283. The Balaban J connectivity index is 2.94. The average molecular weight is 202 g/mol. The first kappa shape index (κ1) is 9.30. The van der Waals surface area contributed by atoms with Crippen LogP contribution in [0, 0.1) is 11.3 Å². The Morgan fingerprint density at radius 1 is 1.67 bits per heavy atom. The van der Waals surface area contributed by atoms with Crippen molar-refractivity contribution < 1.29 is 0 Å². The van der Waals surface area contributed by atoms with Crippen LogP contribution in [0.2, 0.25) is 5.15 Å². The molecule has 1 N–H and O–H groups in total. The first-order valence-electron chi connectivity index (χ1n) is 3.47. The summed E-state index contributed by atoms with van der Waals surface area (Å²) in [6.45, 7) is 3.99. The van der Waals surface area contributed by atoms with Crippen molar-refractivity contribution in [1.82, 2.24) is 4.37 Å². The van der Waals surface area contributed by atoms with Crippen LogP contribution in [0.15, 0.2) is 0 Å². The van der Waals surface area contributed by atoms with Gasteiger partial charge in [-0.2, -0.15) is 9.64 Å². The molecule has 0 unspecified atom stereocenters. The van der Waals surface area contributed by atoms with Gasteiger partial charge in [0.05, 0.1) is 0 Å². The van der Waals surface area contributed by atoms with Gasteiger partial charge < -0.3 is 5.32 Å². The van der Waals surface area contributed by atoms with E-state index in [0.29, 0.717) is 5.56 Å². The number of hydrogen-bond acceptors (Lipinski definition) is 4. The van der Waals surface area contributed by atoms with Crippen molar-refractivity contribution in [2.45, 2.75) is 19.9 Å². The fraction of sp³-hybridized carbons (Fsp3) is 0.429. The molecule has 1 heterocycles. The molecular weight excluding hydrogens is 194 g/mol. The maximum Gasteiger partial charge on any atom is 0.162 e. The van der Waals surface area contributed by atoms with Crippen LogP contribution >= 0.6 is 23.1 Å². The molecule has 0 bridgehead atoms. The largest absolute Gasteiger partial charge is 0.372 e. The van der Waals surface area contributed by atoms with Crippen LogP contribution in [0.1, 0.15) is 19.4 Å². The molecule has 5 heteroatoms.